The molecule has 1 heterocycles. The third-order valence-electron chi connectivity index (χ3n) is 3.85. The van der Waals surface area contributed by atoms with E-state index in [2.05, 4.69) is 61.7 Å². The maximum absolute atomic E-state index is 5.93. The number of nitrogens with zero attached hydrogens (tertiary/aromatic N) is 2. The number of thioether (sulfide) groups is 1. The average Bonchev–Trinajstić information content (AvgIpc) is 2.92. The molecule has 0 radical (unpaired) electrons. The first-order valence-electron chi connectivity index (χ1n) is 7.97. The van der Waals surface area contributed by atoms with E-state index < -0.39 is 0 Å². The average molecular weight is 326 g/mol. The highest BCUT2D eigenvalue weighted by Crippen LogP contribution is 2.24. The van der Waals surface area contributed by atoms with Gasteiger partial charge in [-0.15, -0.1) is 0 Å². The molecule has 1 aromatic heterocycles. The van der Waals surface area contributed by atoms with Crippen LogP contribution in [0, 0.1) is 13.8 Å². The smallest absolute Gasteiger partial charge is 0.169 e. The van der Waals surface area contributed by atoms with Crippen molar-refractivity contribution in [3.63, 3.8) is 0 Å². The van der Waals surface area contributed by atoms with Crippen molar-refractivity contribution in [2.24, 2.45) is 0 Å². The summed E-state index contributed by atoms with van der Waals surface area (Å²) in [7, 11) is 0. The maximum Gasteiger partial charge on any atom is 0.169 e. The molecule has 2 aromatic carbocycles. The first kappa shape index (κ1) is 15.9. The Labute approximate surface area is 141 Å². The maximum atomic E-state index is 5.93. The van der Waals surface area contributed by atoms with Crippen LogP contribution >= 0.6 is 11.8 Å². The molecule has 0 atom stereocenters. The van der Waals surface area contributed by atoms with Gasteiger partial charge < -0.3 is 9.30 Å². The van der Waals surface area contributed by atoms with Crippen molar-refractivity contribution >= 4 is 22.8 Å². The lowest BCUT2D eigenvalue weighted by atomic mass is 10.1. The Morgan fingerprint density at radius 3 is 2.78 bits per heavy atom. The van der Waals surface area contributed by atoms with Gasteiger partial charge in [0.2, 0.25) is 0 Å². The van der Waals surface area contributed by atoms with E-state index in [0.717, 1.165) is 28.7 Å². The molecule has 0 aliphatic rings. The molecule has 3 rings (SSSR count). The van der Waals surface area contributed by atoms with E-state index in [9.17, 15) is 0 Å². The highest BCUT2D eigenvalue weighted by molar-refractivity contribution is 7.99. The zero-order valence-electron chi connectivity index (χ0n) is 13.9. The predicted octanol–water partition coefficient (Wildman–Crippen LogP) is 4.84. The predicted molar refractivity (Wildman–Crippen MR) is 97.5 cm³/mol. The highest BCUT2D eigenvalue weighted by atomic mass is 32.2. The minimum absolute atomic E-state index is 0.682. The van der Waals surface area contributed by atoms with E-state index in [1.165, 1.54) is 16.6 Å². The SMILES string of the molecule is CCn1c(SCCOc2cc(C)ccc2C)nc2ccccc21. The van der Waals surface area contributed by atoms with Gasteiger partial charge in [0, 0.05) is 12.3 Å². The third kappa shape index (κ3) is 3.53. The van der Waals surface area contributed by atoms with Crippen LogP contribution in [0.25, 0.3) is 11.0 Å². The molecule has 0 amide bonds. The second kappa shape index (κ2) is 7.09. The summed E-state index contributed by atoms with van der Waals surface area (Å²) in [6, 6.07) is 14.6. The fraction of sp³-hybridized carbons (Fsp3) is 0.316. The number of fused-ring (bicyclic) bond motifs is 1. The van der Waals surface area contributed by atoms with E-state index in [0.29, 0.717) is 6.61 Å². The summed E-state index contributed by atoms with van der Waals surface area (Å²) in [6.07, 6.45) is 0. The molecule has 0 saturated carbocycles. The number of rotatable bonds is 6. The van der Waals surface area contributed by atoms with Gasteiger partial charge in [-0.3, -0.25) is 0 Å². The van der Waals surface area contributed by atoms with Crippen LogP contribution in [0.2, 0.25) is 0 Å². The van der Waals surface area contributed by atoms with Gasteiger partial charge >= 0.3 is 0 Å². The van der Waals surface area contributed by atoms with Gasteiger partial charge in [0.25, 0.3) is 0 Å². The van der Waals surface area contributed by atoms with Crippen molar-refractivity contribution in [2.45, 2.75) is 32.5 Å². The zero-order chi connectivity index (χ0) is 16.2. The first-order valence-corrected chi connectivity index (χ1v) is 8.95. The van der Waals surface area contributed by atoms with Crippen LogP contribution < -0.4 is 4.74 Å². The van der Waals surface area contributed by atoms with Crippen molar-refractivity contribution in [2.75, 3.05) is 12.4 Å². The number of para-hydroxylation sites is 2. The lowest BCUT2D eigenvalue weighted by Gasteiger charge is -2.10. The van der Waals surface area contributed by atoms with Crippen LogP contribution in [0.1, 0.15) is 18.1 Å². The van der Waals surface area contributed by atoms with Crippen LogP contribution in [-0.4, -0.2) is 21.9 Å². The number of hydrogen-bond acceptors (Lipinski definition) is 3. The number of ether oxygens (including phenoxy) is 1. The molecule has 3 aromatic rings. The van der Waals surface area contributed by atoms with Crippen molar-refractivity contribution in [1.82, 2.24) is 9.55 Å². The first-order chi connectivity index (χ1) is 11.2. The van der Waals surface area contributed by atoms with E-state index >= 15 is 0 Å². The molecule has 0 aliphatic heterocycles. The van der Waals surface area contributed by atoms with E-state index in [4.69, 9.17) is 9.72 Å². The monoisotopic (exact) mass is 326 g/mol. The lowest BCUT2D eigenvalue weighted by molar-refractivity contribution is 0.341. The summed E-state index contributed by atoms with van der Waals surface area (Å²) in [5.74, 6) is 1.87. The van der Waals surface area contributed by atoms with Crippen molar-refractivity contribution in [3.05, 3.63) is 53.6 Å². The number of aromatic nitrogens is 2. The second-order valence-electron chi connectivity index (χ2n) is 5.59. The number of aryl methyl sites for hydroxylation is 3. The second-order valence-corrected chi connectivity index (χ2v) is 6.66. The zero-order valence-corrected chi connectivity index (χ0v) is 14.7. The van der Waals surface area contributed by atoms with E-state index in [1.807, 2.05) is 6.07 Å². The van der Waals surface area contributed by atoms with E-state index in [1.54, 1.807) is 11.8 Å². The molecule has 0 saturated heterocycles. The minimum Gasteiger partial charge on any atom is -0.492 e. The number of benzene rings is 2. The van der Waals surface area contributed by atoms with Crippen LogP contribution in [0.4, 0.5) is 0 Å². The fourth-order valence-electron chi connectivity index (χ4n) is 2.62. The Morgan fingerprint density at radius 2 is 1.96 bits per heavy atom. The summed E-state index contributed by atoms with van der Waals surface area (Å²) in [5.41, 5.74) is 4.67. The topological polar surface area (TPSA) is 27.1 Å². The molecule has 23 heavy (non-hydrogen) atoms. The molecular weight excluding hydrogens is 304 g/mol. The molecule has 0 fully saturated rings. The molecule has 120 valence electrons. The van der Waals surface area contributed by atoms with Gasteiger partial charge in [-0.1, -0.05) is 36.0 Å². The fourth-order valence-corrected chi connectivity index (χ4v) is 3.51. The van der Waals surface area contributed by atoms with Gasteiger partial charge in [-0.2, -0.15) is 0 Å². The van der Waals surface area contributed by atoms with Crippen LogP contribution in [0.5, 0.6) is 5.75 Å². The third-order valence-corrected chi connectivity index (χ3v) is 4.79. The van der Waals surface area contributed by atoms with Crippen molar-refractivity contribution in [1.29, 1.82) is 0 Å². The number of hydrogen-bond donors (Lipinski definition) is 0. The summed E-state index contributed by atoms with van der Waals surface area (Å²) >= 11 is 1.75. The Bertz CT molecular complexity index is 810. The molecule has 0 spiro atoms. The molecule has 3 nitrogen and oxygen atoms in total. The minimum atomic E-state index is 0.682. The van der Waals surface area contributed by atoms with E-state index in [-0.39, 0.29) is 0 Å². The number of imidazole rings is 1. The summed E-state index contributed by atoms with van der Waals surface area (Å²) in [4.78, 5) is 4.73. The molecule has 0 aliphatic carbocycles. The quantitative estimate of drug-likeness (QED) is 0.479. The lowest BCUT2D eigenvalue weighted by Crippen LogP contribution is -2.03. The normalized spacial score (nSPS) is 11.1. The largest absolute Gasteiger partial charge is 0.492 e. The Hall–Kier alpha value is -1.94. The van der Waals surface area contributed by atoms with Crippen LogP contribution in [0.3, 0.4) is 0 Å². The molecule has 0 bridgehead atoms. The Morgan fingerprint density at radius 1 is 1.13 bits per heavy atom. The standard InChI is InChI=1S/C19H22N2OS/c1-4-21-17-8-6-5-7-16(17)20-19(21)23-12-11-22-18-13-14(2)9-10-15(18)3/h5-10,13H,4,11-12H2,1-3H3. The molecular formula is C19H22N2OS. The van der Waals surface area contributed by atoms with Gasteiger partial charge in [-0.25, -0.2) is 4.98 Å². The van der Waals surface area contributed by atoms with Gasteiger partial charge in [-0.05, 0) is 50.1 Å². The molecule has 0 N–H and O–H groups in total. The van der Waals surface area contributed by atoms with Crippen molar-refractivity contribution in [3.8, 4) is 5.75 Å². The van der Waals surface area contributed by atoms with Gasteiger partial charge in [0.15, 0.2) is 5.16 Å². The Balaban J connectivity index is 1.64. The molecule has 0 unspecified atom stereocenters. The highest BCUT2D eigenvalue weighted by Gasteiger charge is 2.09. The van der Waals surface area contributed by atoms with Gasteiger partial charge in [0.05, 0.1) is 17.6 Å². The van der Waals surface area contributed by atoms with Crippen molar-refractivity contribution < 1.29 is 4.74 Å². The Kier molecular flexibility index (Phi) is 4.91. The molecule has 4 heteroatoms. The summed E-state index contributed by atoms with van der Waals surface area (Å²) in [5, 5.41) is 1.07. The van der Waals surface area contributed by atoms with Crippen LogP contribution in [0.15, 0.2) is 47.6 Å². The summed E-state index contributed by atoms with van der Waals surface area (Å²) in [6.45, 7) is 7.94. The van der Waals surface area contributed by atoms with Crippen LogP contribution in [-0.2, 0) is 6.54 Å². The van der Waals surface area contributed by atoms with Gasteiger partial charge in [0.1, 0.15) is 5.75 Å². The summed E-state index contributed by atoms with van der Waals surface area (Å²) < 4.78 is 8.19.